The molecular formula is C20H31ClN2O. The number of hydrogen-bond acceptors (Lipinski definition) is 3. The van der Waals surface area contributed by atoms with Gasteiger partial charge in [0.2, 0.25) is 0 Å². The molecule has 0 radical (unpaired) electrons. The molecule has 0 amide bonds. The van der Waals surface area contributed by atoms with Crippen LogP contribution in [0.2, 0.25) is 5.02 Å². The van der Waals surface area contributed by atoms with Gasteiger partial charge in [-0.05, 0) is 55.5 Å². The molecule has 0 saturated carbocycles. The van der Waals surface area contributed by atoms with Crippen molar-refractivity contribution in [1.29, 1.82) is 0 Å². The quantitative estimate of drug-likeness (QED) is 0.807. The van der Waals surface area contributed by atoms with E-state index in [9.17, 15) is 5.11 Å². The number of nitrogens with zero attached hydrogens (tertiary/aromatic N) is 1. The lowest BCUT2D eigenvalue weighted by molar-refractivity contribution is -0.0635. The maximum Gasteiger partial charge on any atom is 0.0972 e. The number of aryl methyl sites for hydroxylation is 1. The van der Waals surface area contributed by atoms with Crippen LogP contribution in [0.25, 0.3) is 0 Å². The summed E-state index contributed by atoms with van der Waals surface area (Å²) >= 11 is 5.93. The molecule has 1 aromatic carbocycles. The van der Waals surface area contributed by atoms with E-state index in [1.54, 1.807) is 0 Å². The summed E-state index contributed by atoms with van der Waals surface area (Å²) in [6.45, 7) is 10.5. The van der Waals surface area contributed by atoms with E-state index >= 15 is 0 Å². The molecule has 0 spiro atoms. The minimum Gasteiger partial charge on any atom is -0.387 e. The first-order valence-corrected chi connectivity index (χ1v) is 9.10. The van der Waals surface area contributed by atoms with Crippen LogP contribution < -0.4 is 5.32 Å². The van der Waals surface area contributed by atoms with Crippen molar-refractivity contribution in [3.05, 3.63) is 47.1 Å². The number of amidine groups is 1. The predicted octanol–water partition coefficient (Wildman–Crippen LogP) is 4.98. The van der Waals surface area contributed by atoms with Gasteiger partial charge in [0.25, 0.3) is 0 Å². The lowest BCUT2D eigenvalue weighted by Crippen LogP contribution is -2.47. The Balaban J connectivity index is 0.00000139. The first kappa shape index (κ1) is 20.7. The Morgan fingerprint density at radius 3 is 2.46 bits per heavy atom. The molecular weight excluding hydrogens is 320 g/mol. The van der Waals surface area contributed by atoms with Gasteiger partial charge in [-0.2, -0.15) is 0 Å². The van der Waals surface area contributed by atoms with Crippen molar-refractivity contribution in [3.8, 4) is 0 Å². The van der Waals surface area contributed by atoms with Crippen LogP contribution in [0.1, 0.15) is 53.0 Å². The summed E-state index contributed by atoms with van der Waals surface area (Å²) < 4.78 is 0. The van der Waals surface area contributed by atoms with E-state index in [1.165, 1.54) is 5.56 Å². The number of nitrogens with one attached hydrogen (secondary N) is 1. The van der Waals surface area contributed by atoms with Gasteiger partial charge in [-0.15, -0.1) is 0 Å². The SMILES string of the molecule is CC.CC1=NCC(O)(CCc2ccc(Cl)cc2)C(C)(C)CC=CN1. The van der Waals surface area contributed by atoms with Crippen molar-refractivity contribution < 1.29 is 5.11 Å². The topological polar surface area (TPSA) is 44.6 Å². The van der Waals surface area contributed by atoms with E-state index < -0.39 is 5.60 Å². The molecule has 134 valence electrons. The number of allylic oxidation sites excluding steroid dienone is 1. The van der Waals surface area contributed by atoms with E-state index in [1.807, 2.05) is 51.2 Å². The Morgan fingerprint density at radius 2 is 1.83 bits per heavy atom. The lowest BCUT2D eigenvalue weighted by Gasteiger charge is -2.41. The number of aliphatic hydroxyl groups is 1. The summed E-state index contributed by atoms with van der Waals surface area (Å²) in [4.78, 5) is 4.50. The van der Waals surface area contributed by atoms with Gasteiger partial charge in [0.1, 0.15) is 0 Å². The molecule has 0 aliphatic carbocycles. The summed E-state index contributed by atoms with van der Waals surface area (Å²) in [5.41, 5.74) is 0.0959. The largest absolute Gasteiger partial charge is 0.387 e. The second-order valence-corrected chi connectivity index (χ2v) is 7.13. The van der Waals surface area contributed by atoms with Crippen LogP contribution in [0.5, 0.6) is 0 Å². The maximum atomic E-state index is 11.3. The Hall–Kier alpha value is -1.32. The van der Waals surface area contributed by atoms with E-state index in [0.29, 0.717) is 13.0 Å². The first-order valence-electron chi connectivity index (χ1n) is 8.72. The molecule has 24 heavy (non-hydrogen) atoms. The minimum atomic E-state index is -0.843. The summed E-state index contributed by atoms with van der Waals surface area (Å²) in [5, 5.41) is 15.1. The summed E-state index contributed by atoms with van der Waals surface area (Å²) in [6.07, 6.45) is 6.26. The van der Waals surface area contributed by atoms with E-state index in [4.69, 9.17) is 11.6 Å². The van der Waals surface area contributed by atoms with E-state index in [-0.39, 0.29) is 5.41 Å². The lowest BCUT2D eigenvalue weighted by atomic mass is 9.70. The predicted molar refractivity (Wildman–Crippen MR) is 105 cm³/mol. The highest BCUT2D eigenvalue weighted by molar-refractivity contribution is 6.30. The zero-order valence-electron chi connectivity index (χ0n) is 15.6. The normalized spacial score (nSPS) is 22.9. The van der Waals surface area contributed by atoms with Crippen LogP contribution in [0.3, 0.4) is 0 Å². The highest BCUT2D eigenvalue weighted by Gasteiger charge is 2.42. The van der Waals surface area contributed by atoms with Gasteiger partial charge in [0.15, 0.2) is 0 Å². The number of halogens is 1. The second-order valence-electron chi connectivity index (χ2n) is 6.69. The van der Waals surface area contributed by atoms with E-state index in [2.05, 4.69) is 30.2 Å². The molecule has 1 atom stereocenters. The van der Waals surface area contributed by atoms with Crippen LogP contribution in [0, 0.1) is 5.41 Å². The van der Waals surface area contributed by atoms with Gasteiger partial charge >= 0.3 is 0 Å². The number of aliphatic imine (C=N–C) groups is 1. The van der Waals surface area contributed by atoms with Gasteiger partial charge in [-0.3, -0.25) is 4.99 Å². The molecule has 0 aromatic heterocycles. The average Bonchev–Trinajstić information content (AvgIpc) is 2.62. The van der Waals surface area contributed by atoms with Gasteiger partial charge in [0.05, 0.1) is 18.0 Å². The molecule has 0 fully saturated rings. The molecule has 4 heteroatoms. The van der Waals surface area contributed by atoms with Crippen LogP contribution in [0.4, 0.5) is 0 Å². The summed E-state index contributed by atoms with van der Waals surface area (Å²) in [5.74, 6) is 0.832. The Morgan fingerprint density at radius 1 is 1.21 bits per heavy atom. The monoisotopic (exact) mass is 350 g/mol. The van der Waals surface area contributed by atoms with Gasteiger partial charge in [-0.1, -0.05) is 57.5 Å². The highest BCUT2D eigenvalue weighted by Crippen LogP contribution is 2.39. The van der Waals surface area contributed by atoms with Crippen LogP contribution >= 0.6 is 11.6 Å². The number of benzene rings is 1. The molecule has 1 aromatic rings. The molecule has 0 bridgehead atoms. The first-order chi connectivity index (χ1) is 11.3. The third kappa shape index (κ3) is 5.64. The number of hydrogen-bond donors (Lipinski definition) is 2. The fourth-order valence-corrected chi connectivity index (χ4v) is 2.78. The van der Waals surface area contributed by atoms with Gasteiger partial charge in [-0.25, -0.2) is 0 Å². The Kier molecular flexibility index (Phi) is 7.98. The maximum absolute atomic E-state index is 11.3. The molecule has 2 N–H and O–H groups in total. The van der Waals surface area contributed by atoms with Crippen molar-refractivity contribution in [3.63, 3.8) is 0 Å². The molecule has 1 aliphatic heterocycles. The van der Waals surface area contributed by atoms with E-state index in [0.717, 1.165) is 23.7 Å². The van der Waals surface area contributed by atoms with Crippen molar-refractivity contribution in [1.82, 2.24) is 5.32 Å². The minimum absolute atomic E-state index is 0.244. The van der Waals surface area contributed by atoms with Gasteiger partial charge < -0.3 is 10.4 Å². The standard InChI is InChI=1S/C18H25ClN2O.C2H6/c1-14-20-12-4-10-17(2,3)18(22,13-21-14)11-9-15-5-7-16(19)8-6-15;1-2/h4-8,12,22H,9-11,13H2,1-3H3,(H,20,21);1-2H3. The molecule has 0 saturated heterocycles. The molecule has 1 heterocycles. The summed E-state index contributed by atoms with van der Waals surface area (Å²) in [6, 6.07) is 7.82. The van der Waals surface area contributed by atoms with Crippen LogP contribution in [-0.2, 0) is 6.42 Å². The van der Waals surface area contributed by atoms with Crippen molar-refractivity contribution in [2.75, 3.05) is 6.54 Å². The number of rotatable bonds is 3. The van der Waals surface area contributed by atoms with Crippen LogP contribution in [-0.4, -0.2) is 23.1 Å². The van der Waals surface area contributed by atoms with Crippen molar-refractivity contribution >= 4 is 17.4 Å². The molecule has 1 aliphatic rings. The molecule has 2 rings (SSSR count). The highest BCUT2D eigenvalue weighted by atomic mass is 35.5. The Bertz CT molecular complexity index is 564. The van der Waals surface area contributed by atoms with Crippen molar-refractivity contribution in [2.24, 2.45) is 10.4 Å². The average molecular weight is 351 g/mol. The third-order valence-corrected chi connectivity index (χ3v) is 4.87. The zero-order chi connectivity index (χ0) is 18.2. The zero-order valence-corrected chi connectivity index (χ0v) is 16.3. The smallest absolute Gasteiger partial charge is 0.0972 e. The second kappa shape index (κ2) is 9.24. The fourth-order valence-electron chi connectivity index (χ4n) is 2.65. The van der Waals surface area contributed by atoms with Crippen LogP contribution in [0.15, 0.2) is 41.5 Å². The molecule has 1 unspecified atom stereocenters. The summed E-state index contributed by atoms with van der Waals surface area (Å²) in [7, 11) is 0. The van der Waals surface area contributed by atoms with Gasteiger partial charge in [0, 0.05) is 5.02 Å². The third-order valence-electron chi connectivity index (χ3n) is 4.62. The van der Waals surface area contributed by atoms with Crippen molar-refractivity contribution in [2.45, 2.75) is 59.5 Å². The Labute approximate surface area is 151 Å². The molecule has 3 nitrogen and oxygen atoms in total. The fraction of sp³-hybridized carbons (Fsp3) is 0.550.